The van der Waals surface area contributed by atoms with Crippen molar-refractivity contribution in [2.75, 3.05) is 0 Å². The predicted molar refractivity (Wildman–Crippen MR) is 82.6 cm³/mol. The van der Waals surface area contributed by atoms with E-state index in [4.69, 9.17) is 0 Å². The molecule has 22 heavy (non-hydrogen) atoms. The van der Waals surface area contributed by atoms with Gasteiger partial charge in [0.05, 0.1) is 0 Å². The predicted octanol–water partition coefficient (Wildman–Crippen LogP) is 1.68. The van der Waals surface area contributed by atoms with Gasteiger partial charge in [-0.15, -0.1) is 0 Å². The SMILES string of the molecule is CCCn1nccc1C(=O)NC1CCc2nc(C)ncc2C1. The van der Waals surface area contributed by atoms with Crippen molar-refractivity contribution >= 4 is 5.91 Å². The zero-order valence-electron chi connectivity index (χ0n) is 13.0. The third kappa shape index (κ3) is 3.00. The largest absolute Gasteiger partial charge is 0.348 e. The number of fused-ring (bicyclic) bond motifs is 1. The van der Waals surface area contributed by atoms with E-state index in [1.807, 2.05) is 13.1 Å². The number of carbonyl (C=O) groups is 1. The molecule has 0 saturated carbocycles. The van der Waals surface area contributed by atoms with E-state index in [0.717, 1.165) is 49.3 Å². The number of aryl methyl sites for hydroxylation is 3. The fourth-order valence-corrected chi connectivity index (χ4v) is 2.91. The number of carbonyl (C=O) groups excluding carboxylic acids is 1. The minimum atomic E-state index is -0.0487. The highest BCUT2D eigenvalue weighted by molar-refractivity contribution is 5.92. The average molecular weight is 299 g/mol. The Kier molecular flexibility index (Phi) is 4.18. The fraction of sp³-hybridized carbons (Fsp3) is 0.500. The normalized spacial score (nSPS) is 17.1. The molecule has 116 valence electrons. The molecule has 1 amide bonds. The van der Waals surface area contributed by atoms with Crippen molar-refractivity contribution in [3.63, 3.8) is 0 Å². The molecule has 1 aliphatic carbocycles. The topological polar surface area (TPSA) is 72.7 Å². The maximum atomic E-state index is 12.4. The lowest BCUT2D eigenvalue weighted by atomic mass is 9.92. The zero-order chi connectivity index (χ0) is 15.5. The molecule has 0 aromatic carbocycles. The van der Waals surface area contributed by atoms with Crippen LogP contribution >= 0.6 is 0 Å². The Labute approximate surface area is 130 Å². The van der Waals surface area contributed by atoms with Gasteiger partial charge < -0.3 is 5.32 Å². The molecule has 2 heterocycles. The molecule has 2 aromatic heterocycles. The lowest BCUT2D eigenvalue weighted by Gasteiger charge is -2.24. The van der Waals surface area contributed by atoms with Crippen molar-refractivity contribution in [2.24, 2.45) is 0 Å². The molecule has 0 spiro atoms. The highest BCUT2D eigenvalue weighted by Gasteiger charge is 2.23. The Bertz CT molecular complexity index is 679. The summed E-state index contributed by atoms with van der Waals surface area (Å²) in [5.74, 6) is 0.761. The van der Waals surface area contributed by atoms with Gasteiger partial charge in [0.2, 0.25) is 0 Å². The molecular weight excluding hydrogens is 278 g/mol. The van der Waals surface area contributed by atoms with Crippen LogP contribution in [0.15, 0.2) is 18.5 Å². The van der Waals surface area contributed by atoms with Crippen LogP contribution in [0, 0.1) is 6.92 Å². The smallest absolute Gasteiger partial charge is 0.269 e. The van der Waals surface area contributed by atoms with Gasteiger partial charge in [0, 0.05) is 30.7 Å². The van der Waals surface area contributed by atoms with E-state index in [9.17, 15) is 4.79 Å². The second-order valence-corrected chi connectivity index (χ2v) is 5.74. The Morgan fingerprint density at radius 1 is 1.50 bits per heavy atom. The third-order valence-electron chi connectivity index (χ3n) is 3.99. The quantitative estimate of drug-likeness (QED) is 0.932. The van der Waals surface area contributed by atoms with E-state index in [0.29, 0.717) is 5.69 Å². The number of nitrogens with one attached hydrogen (secondary N) is 1. The number of rotatable bonds is 4. The number of aromatic nitrogens is 4. The van der Waals surface area contributed by atoms with Gasteiger partial charge in [0.1, 0.15) is 11.5 Å². The summed E-state index contributed by atoms with van der Waals surface area (Å²) in [5.41, 5.74) is 2.89. The van der Waals surface area contributed by atoms with Crippen molar-refractivity contribution in [3.8, 4) is 0 Å². The molecule has 6 heteroatoms. The molecule has 0 radical (unpaired) electrons. The van der Waals surface area contributed by atoms with Crippen LogP contribution in [0.25, 0.3) is 0 Å². The summed E-state index contributed by atoms with van der Waals surface area (Å²) < 4.78 is 1.76. The van der Waals surface area contributed by atoms with Gasteiger partial charge >= 0.3 is 0 Å². The van der Waals surface area contributed by atoms with Crippen LogP contribution in [0.1, 0.15) is 47.3 Å². The first-order valence-corrected chi connectivity index (χ1v) is 7.81. The summed E-state index contributed by atoms with van der Waals surface area (Å²) >= 11 is 0. The van der Waals surface area contributed by atoms with Crippen LogP contribution in [0.4, 0.5) is 0 Å². The first-order chi connectivity index (χ1) is 10.7. The molecule has 1 unspecified atom stereocenters. The van der Waals surface area contributed by atoms with Crippen molar-refractivity contribution < 1.29 is 4.79 Å². The number of hydrogen-bond acceptors (Lipinski definition) is 4. The molecular formula is C16H21N5O. The van der Waals surface area contributed by atoms with Gasteiger partial charge in [0.15, 0.2) is 0 Å². The first kappa shape index (κ1) is 14.7. The molecule has 1 atom stereocenters. The summed E-state index contributed by atoms with van der Waals surface area (Å²) in [6, 6.07) is 1.91. The van der Waals surface area contributed by atoms with E-state index in [-0.39, 0.29) is 11.9 Å². The van der Waals surface area contributed by atoms with E-state index < -0.39 is 0 Å². The zero-order valence-corrected chi connectivity index (χ0v) is 13.0. The van der Waals surface area contributed by atoms with Gasteiger partial charge in [-0.2, -0.15) is 5.10 Å². The Balaban J connectivity index is 1.68. The lowest BCUT2D eigenvalue weighted by molar-refractivity contribution is 0.0922. The Morgan fingerprint density at radius 2 is 2.36 bits per heavy atom. The molecule has 1 N–H and O–H groups in total. The second-order valence-electron chi connectivity index (χ2n) is 5.74. The van der Waals surface area contributed by atoms with Gasteiger partial charge in [-0.25, -0.2) is 9.97 Å². The highest BCUT2D eigenvalue weighted by atomic mass is 16.2. The van der Waals surface area contributed by atoms with Gasteiger partial charge in [-0.1, -0.05) is 6.92 Å². The van der Waals surface area contributed by atoms with Crippen molar-refractivity contribution in [1.82, 2.24) is 25.1 Å². The molecule has 3 rings (SSSR count). The molecule has 0 saturated heterocycles. The summed E-state index contributed by atoms with van der Waals surface area (Å²) in [6.45, 7) is 4.74. The molecule has 1 aliphatic rings. The van der Waals surface area contributed by atoms with Crippen LogP contribution in [0.2, 0.25) is 0 Å². The first-order valence-electron chi connectivity index (χ1n) is 7.81. The number of hydrogen-bond donors (Lipinski definition) is 1. The lowest BCUT2D eigenvalue weighted by Crippen LogP contribution is -2.40. The van der Waals surface area contributed by atoms with E-state index in [1.165, 1.54) is 0 Å². The molecule has 2 aromatic rings. The van der Waals surface area contributed by atoms with Crippen molar-refractivity contribution in [2.45, 2.75) is 52.1 Å². The van der Waals surface area contributed by atoms with E-state index in [1.54, 1.807) is 16.9 Å². The highest BCUT2D eigenvalue weighted by Crippen LogP contribution is 2.19. The Morgan fingerprint density at radius 3 is 3.18 bits per heavy atom. The number of amides is 1. The molecule has 6 nitrogen and oxygen atoms in total. The summed E-state index contributed by atoms with van der Waals surface area (Å²) in [6.07, 6.45) is 7.11. The van der Waals surface area contributed by atoms with E-state index >= 15 is 0 Å². The fourth-order valence-electron chi connectivity index (χ4n) is 2.91. The summed E-state index contributed by atoms with van der Waals surface area (Å²) in [7, 11) is 0. The van der Waals surface area contributed by atoms with Crippen LogP contribution in [-0.4, -0.2) is 31.7 Å². The second kappa shape index (κ2) is 6.25. The van der Waals surface area contributed by atoms with Gasteiger partial charge in [0.25, 0.3) is 5.91 Å². The maximum Gasteiger partial charge on any atom is 0.269 e. The van der Waals surface area contributed by atoms with Crippen LogP contribution in [0.5, 0.6) is 0 Å². The molecule has 0 bridgehead atoms. The minimum absolute atomic E-state index is 0.0487. The van der Waals surface area contributed by atoms with Crippen LogP contribution in [0.3, 0.4) is 0 Å². The molecule has 0 fully saturated rings. The van der Waals surface area contributed by atoms with E-state index in [2.05, 4.69) is 27.3 Å². The monoisotopic (exact) mass is 299 g/mol. The minimum Gasteiger partial charge on any atom is -0.348 e. The third-order valence-corrected chi connectivity index (χ3v) is 3.99. The van der Waals surface area contributed by atoms with Gasteiger partial charge in [-0.3, -0.25) is 9.48 Å². The number of nitrogens with zero attached hydrogens (tertiary/aromatic N) is 4. The standard InChI is InChI=1S/C16H21N5O/c1-3-8-21-15(6-7-18-21)16(22)20-13-4-5-14-12(9-13)10-17-11(2)19-14/h6-7,10,13H,3-5,8-9H2,1-2H3,(H,20,22). The Hall–Kier alpha value is -2.24. The van der Waals surface area contributed by atoms with Crippen LogP contribution in [-0.2, 0) is 19.4 Å². The summed E-state index contributed by atoms with van der Waals surface area (Å²) in [5, 5.41) is 7.32. The van der Waals surface area contributed by atoms with Crippen LogP contribution < -0.4 is 5.32 Å². The molecule has 0 aliphatic heterocycles. The summed E-state index contributed by atoms with van der Waals surface area (Å²) in [4.78, 5) is 21.2. The maximum absolute atomic E-state index is 12.4. The average Bonchev–Trinajstić information content (AvgIpc) is 2.96. The van der Waals surface area contributed by atoms with Crippen molar-refractivity contribution in [3.05, 3.63) is 41.2 Å². The van der Waals surface area contributed by atoms with Crippen molar-refractivity contribution in [1.29, 1.82) is 0 Å². The van der Waals surface area contributed by atoms with Gasteiger partial charge in [-0.05, 0) is 44.2 Å².